The molecule has 78 valence electrons. The molecule has 6 nitrogen and oxygen atoms in total. The lowest BCUT2D eigenvalue weighted by Crippen LogP contribution is -2.32. The lowest BCUT2D eigenvalue weighted by molar-refractivity contribution is 0.302. The van der Waals surface area contributed by atoms with Crippen LogP contribution in [0.15, 0.2) is 12.3 Å². The van der Waals surface area contributed by atoms with Gasteiger partial charge in [-0.1, -0.05) is 0 Å². The van der Waals surface area contributed by atoms with Gasteiger partial charge in [-0.05, 0) is 6.07 Å². The second kappa shape index (κ2) is 5.36. The first-order chi connectivity index (χ1) is 6.77. The zero-order valence-corrected chi connectivity index (χ0v) is 7.93. The Morgan fingerprint density at radius 1 is 1.43 bits per heavy atom. The van der Waals surface area contributed by atoms with Gasteiger partial charge in [-0.2, -0.15) is 4.98 Å². The normalized spacial score (nSPS) is 10.1. The average molecular weight is 197 g/mol. The summed E-state index contributed by atoms with van der Waals surface area (Å²) in [5.41, 5.74) is 10.9. The molecule has 0 amide bonds. The Bertz CT molecular complexity index is 274. The highest BCUT2D eigenvalue weighted by molar-refractivity contribution is 5.40. The van der Waals surface area contributed by atoms with Gasteiger partial charge >= 0.3 is 0 Å². The van der Waals surface area contributed by atoms with Crippen LogP contribution in [0.25, 0.3) is 0 Å². The first-order valence-electron chi connectivity index (χ1n) is 4.42. The molecule has 0 aliphatic heterocycles. The molecular formula is C8H15N5O. The fourth-order valence-corrected chi connectivity index (χ4v) is 1.16. The van der Waals surface area contributed by atoms with Crippen molar-refractivity contribution in [3.63, 3.8) is 0 Å². The van der Waals surface area contributed by atoms with Crippen molar-refractivity contribution in [1.29, 1.82) is 0 Å². The number of rotatable bonds is 5. The summed E-state index contributed by atoms with van der Waals surface area (Å²) in [5.74, 6) is 0.916. The van der Waals surface area contributed by atoms with Gasteiger partial charge in [-0.15, -0.1) is 0 Å². The maximum Gasteiger partial charge on any atom is 0.221 e. The molecule has 0 unspecified atom stereocenters. The minimum atomic E-state index is 0.0594. The second-order valence-electron chi connectivity index (χ2n) is 2.77. The lowest BCUT2D eigenvalue weighted by Gasteiger charge is -2.21. The van der Waals surface area contributed by atoms with E-state index in [1.165, 1.54) is 0 Å². The van der Waals surface area contributed by atoms with Crippen LogP contribution in [-0.2, 0) is 0 Å². The summed E-state index contributed by atoms with van der Waals surface area (Å²) < 4.78 is 0. The number of anilines is 2. The Hall–Kier alpha value is -1.40. The van der Waals surface area contributed by atoms with Crippen molar-refractivity contribution in [1.82, 2.24) is 9.97 Å². The topological polar surface area (TPSA) is 101 Å². The molecule has 5 N–H and O–H groups in total. The molecule has 0 radical (unpaired) electrons. The first-order valence-corrected chi connectivity index (χ1v) is 4.42. The monoisotopic (exact) mass is 197 g/mol. The van der Waals surface area contributed by atoms with E-state index >= 15 is 0 Å². The van der Waals surface area contributed by atoms with Gasteiger partial charge in [-0.25, -0.2) is 4.98 Å². The number of aliphatic hydroxyl groups is 1. The largest absolute Gasteiger partial charge is 0.395 e. The van der Waals surface area contributed by atoms with Crippen LogP contribution in [0.5, 0.6) is 0 Å². The zero-order valence-electron chi connectivity index (χ0n) is 7.93. The third kappa shape index (κ3) is 2.82. The van der Waals surface area contributed by atoms with E-state index in [4.69, 9.17) is 16.6 Å². The number of hydrogen-bond acceptors (Lipinski definition) is 6. The van der Waals surface area contributed by atoms with Crippen LogP contribution in [0.1, 0.15) is 0 Å². The van der Waals surface area contributed by atoms with Crippen LogP contribution in [0.3, 0.4) is 0 Å². The summed E-state index contributed by atoms with van der Waals surface area (Å²) >= 11 is 0. The molecule has 0 fully saturated rings. The average Bonchev–Trinajstić information content (AvgIpc) is 2.17. The molecule has 0 bridgehead atoms. The summed E-state index contributed by atoms with van der Waals surface area (Å²) in [6.07, 6.45) is 1.58. The van der Waals surface area contributed by atoms with Crippen molar-refractivity contribution in [2.24, 2.45) is 5.73 Å². The molecule has 6 heteroatoms. The Labute approximate surface area is 82.6 Å². The third-order valence-corrected chi connectivity index (χ3v) is 1.75. The highest BCUT2D eigenvalue weighted by Gasteiger charge is 2.06. The summed E-state index contributed by atoms with van der Waals surface area (Å²) in [6.45, 7) is 1.69. The van der Waals surface area contributed by atoms with Crippen molar-refractivity contribution in [3.8, 4) is 0 Å². The van der Waals surface area contributed by atoms with Gasteiger partial charge in [0.25, 0.3) is 0 Å². The molecule has 0 spiro atoms. The van der Waals surface area contributed by atoms with Crippen molar-refractivity contribution in [2.45, 2.75) is 0 Å². The van der Waals surface area contributed by atoms with E-state index in [9.17, 15) is 0 Å². The van der Waals surface area contributed by atoms with E-state index in [2.05, 4.69) is 9.97 Å². The van der Waals surface area contributed by atoms with Gasteiger partial charge in [0.05, 0.1) is 6.61 Å². The van der Waals surface area contributed by atoms with E-state index in [1.54, 1.807) is 12.3 Å². The van der Waals surface area contributed by atoms with Crippen molar-refractivity contribution in [2.75, 3.05) is 36.9 Å². The van der Waals surface area contributed by atoms with Gasteiger partial charge in [-0.3, -0.25) is 0 Å². The molecule has 0 aliphatic rings. The summed E-state index contributed by atoms with van der Waals surface area (Å²) in [7, 11) is 0. The third-order valence-electron chi connectivity index (χ3n) is 1.75. The molecular weight excluding hydrogens is 182 g/mol. The maximum absolute atomic E-state index is 8.84. The summed E-state index contributed by atoms with van der Waals surface area (Å²) in [6, 6.07) is 1.74. The second-order valence-corrected chi connectivity index (χ2v) is 2.77. The van der Waals surface area contributed by atoms with Crippen LogP contribution < -0.4 is 16.4 Å². The smallest absolute Gasteiger partial charge is 0.221 e. The lowest BCUT2D eigenvalue weighted by atomic mass is 10.4. The van der Waals surface area contributed by atoms with Gasteiger partial charge in [0.2, 0.25) is 5.95 Å². The van der Waals surface area contributed by atoms with Crippen LogP contribution in [0.4, 0.5) is 11.8 Å². The molecule has 1 aromatic heterocycles. The molecule has 1 heterocycles. The van der Waals surface area contributed by atoms with E-state index in [0.29, 0.717) is 25.5 Å². The fraction of sp³-hybridized carbons (Fsp3) is 0.500. The van der Waals surface area contributed by atoms with Crippen LogP contribution in [0.2, 0.25) is 0 Å². The Balaban J connectivity index is 2.75. The standard InChI is InChI=1S/C8H15N5O/c9-2-4-13(5-6-14)7-1-3-11-8(10)12-7/h1,3,14H,2,4-6,9H2,(H2,10,11,12). The molecule has 1 rings (SSSR count). The van der Waals surface area contributed by atoms with Crippen molar-refractivity contribution >= 4 is 11.8 Å². The van der Waals surface area contributed by atoms with Crippen molar-refractivity contribution in [3.05, 3.63) is 12.3 Å². The van der Waals surface area contributed by atoms with Crippen LogP contribution in [-0.4, -0.2) is 41.3 Å². The number of nitrogens with two attached hydrogens (primary N) is 2. The van der Waals surface area contributed by atoms with Crippen molar-refractivity contribution < 1.29 is 5.11 Å². The summed E-state index contributed by atoms with van der Waals surface area (Å²) in [5, 5.41) is 8.84. The van der Waals surface area contributed by atoms with Crippen LogP contribution >= 0.6 is 0 Å². The first kappa shape index (κ1) is 10.7. The number of aromatic nitrogens is 2. The minimum Gasteiger partial charge on any atom is -0.395 e. The SMILES string of the molecule is NCCN(CCO)c1ccnc(N)n1. The van der Waals surface area contributed by atoms with E-state index in [-0.39, 0.29) is 12.6 Å². The molecule has 0 saturated heterocycles. The van der Waals surface area contributed by atoms with Gasteiger partial charge in [0.15, 0.2) is 0 Å². The highest BCUT2D eigenvalue weighted by atomic mass is 16.3. The van der Waals surface area contributed by atoms with Gasteiger partial charge < -0.3 is 21.5 Å². The number of hydrogen-bond donors (Lipinski definition) is 3. The van der Waals surface area contributed by atoms with Crippen LogP contribution in [0, 0.1) is 0 Å². The number of nitrogen functional groups attached to an aromatic ring is 1. The highest BCUT2D eigenvalue weighted by Crippen LogP contribution is 2.09. The predicted molar refractivity (Wildman–Crippen MR) is 54.8 cm³/mol. The maximum atomic E-state index is 8.84. The summed E-state index contributed by atoms with van der Waals surface area (Å²) in [4.78, 5) is 9.68. The Morgan fingerprint density at radius 3 is 2.79 bits per heavy atom. The molecule has 0 aliphatic carbocycles. The molecule has 0 atom stereocenters. The molecule has 1 aromatic rings. The van der Waals surface area contributed by atoms with Gasteiger partial charge in [0, 0.05) is 25.8 Å². The van der Waals surface area contributed by atoms with E-state index < -0.39 is 0 Å². The van der Waals surface area contributed by atoms with Gasteiger partial charge in [0.1, 0.15) is 5.82 Å². The predicted octanol–water partition coefficient (Wildman–Crippen LogP) is -1.18. The molecule has 14 heavy (non-hydrogen) atoms. The minimum absolute atomic E-state index is 0.0594. The Kier molecular flexibility index (Phi) is 4.09. The fourth-order valence-electron chi connectivity index (χ4n) is 1.16. The van der Waals surface area contributed by atoms with E-state index in [1.807, 2.05) is 4.90 Å². The molecule has 0 aromatic carbocycles. The number of nitrogens with zero attached hydrogens (tertiary/aromatic N) is 3. The Morgan fingerprint density at radius 2 is 2.21 bits per heavy atom. The quantitative estimate of drug-likeness (QED) is 0.549. The number of aliphatic hydroxyl groups excluding tert-OH is 1. The van der Waals surface area contributed by atoms with E-state index in [0.717, 1.165) is 0 Å². The molecule has 0 saturated carbocycles. The zero-order chi connectivity index (χ0) is 10.4.